The van der Waals surface area contributed by atoms with Crippen LogP contribution in [0.1, 0.15) is 33.1 Å². The van der Waals surface area contributed by atoms with E-state index in [-0.39, 0.29) is 6.10 Å². The number of ether oxygens (including phenoxy) is 2. The van der Waals surface area contributed by atoms with Crippen LogP contribution in [0, 0.1) is 0 Å². The van der Waals surface area contributed by atoms with Crippen LogP contribution in [-0.4, -0.2) is 30.2 Å². The fourth-order valence-corrected chi connectivity index (χ4v) is 1.40. The molecule has 1 heterocycles. The fourth-order valence-electron chi connectivity index (χ4n) is 1.40. The average molecular weight is 174 g/mol. The molecule has 3 heteroatoms. The molecular weight excluding hydrogens is 156 g/mol. The van der Waals surface area contributed by atoms with Crippen molar-refractivity contribution in [2.24, 2.45) is 0 Å². The van der Waals surface area contributed by atoms with Gasteiger partial charge in [0.05, 0.1) is 6.10 Å². The second-order valence-corrected chi connectivity index (χ2v) is 3.73. The minimum Gasteiger partial charge on any atom is -0.381 e. The minimum atomic E-state index is -1.00. The molecular formula is C9H18O3. The van der Waals surface area contributed by atoms with E-state index in [0.29, 0.717) is 0 Å². The molecule has 12 heavy (non-hydrogen) atoms. The van der Waals surface area contributed by atoms with Crippen LogP contribution < -0.4 is 0 Å². The normalized spacial score (nSPS) is 26.8. The van der Waals surface area contributed by atoms with Gasteiger partial charge in [-0.1, -0.05) is 0 Å². The van der Waals surface area contributed by atoms with Gasteiger partial charge in [0.15, 0.2) is 5.79 Å². The van der Waals surface area contributed by atoms with Gasteiger partial charge >= 0.3 is 0 Å². The molecule has 0 saturated carbocycles. The third-order valence-electron chi connectivity index (χ3n) is 1.85. The van der Waals surface area contributed by atoms with E-state index in [0.717, 1.165) is 32.5 Å². The molecule has 1 saturated heterocycles. The van der Waals surface area contributed by atoms with E-state index >= 15 is 0 Å². The number of aliphatic hydroxyl groups is 1. The molecule has 1 atom stereocenters. The highest BCUT2D eigenvalue weighted by Gasteiger charge is 2.21. The standard InChI is InChI=1S/C9H18O3/c1-9(2,10)12-8-4-3-6-11-7-5-8/h8,10H,3-7H2,1-2H3. The van der Waals surface area contributed by atoms with E-state index < -0.39 is 5.79 Å². The smallest absolute Gasteiger partial charge is 0.160 e. The van der Waals surface area contributed by atoms with E-state index in [1.165, 1.54) is 0 Å². The Balaban J connectivity index is 2.30. The second-order valence-electron chi connectivity index (χ2n) is 3.73. The van der Waals surface area contributed by atoms with Crippen LogP contribution in [0.15, 0.2) is 0 Å². The Morgan fingerprint density at radius 1 is 1.33 bits per heavy atom. The van der Waals surface area contributed by atoms with E-state index in [2.05, 4.69) is 0 Å². The first-order valence-corrected chi connectivity index (χ1v) is 4.56. The van der Waals surface area contributed by atoms with Gasteiger partial charge in [0.2, 0.25) is 0 Å². The van der Waals surface area contributed by atoms with Gasteiger partial charge in [-0.15, -0.1) is 0 Å². The summed E-state index contributed by atoms with van der Waals surface area (Å²) in [5.41, 5.74) is 0. The maximum atomic E-state index is 9.40. The Morgan fingerprint density at radius 3 is 2.75 bits per heavy atom. The zero-order chi connectivity index (χ0) is 9.03. The molecule has 1 N–H and O–H groups in total. The summed E-state index contributed by atoms with van der Waals surface area (Å²) >= 11 is 0. The first-order valence-electron chi connectivity index (χ1n) is 4.56. The molecule has 3 nitrogen and oxygen atoms in total. The van der Waals surface area contributed by atoms with Gasteiger partial charge in [0, 0.05) is 13.2 Å². The van der Waals surface area contributed by atoms with Gasteiger partial charge in [0.1, 0.15) is 0 Å². The van der Waals surface area contributed by atoms with Crippen molar-refractivity contribution in [2.75, 3.05) is 13.2 Å². The summed E-state index contributed by atoms with van der Waals surface area (Å²) in [5.74, 6) is -1.00. The van der Waals surface area contributed by atoms with Crippen LogP contribution in [0.5, 0.6) is 0 Å². The topological polar surface area (TPSA) is 38.7 Å². The van der Waals surface area contributed by atoms with Gasteiger partial charge in [0.25, 0.3) is 0 Å². The lowest BCUT2D eigenvalue weighted by Crippen LogP contribution is -2.30. The molecule has 0 aromatic rings. The summed E-state index contributed by atoms with van der Waals surface area (Å²) in [6, 6.07) is 0. The largest absolute Gasteiger partial charge is 0.381 e. The monoisotopic (exact) mass is 174 g/mol. The molecule has 0 aliphatic carbocycles. The Bertz CT molecular complexity index is 120. The van der Waals surface area contributed by atoms with Crippen LogP contribution in [0.25, 0.3) is 0 Å². The maximum absolute atomic E-state index is 9.40. The van der Waals surface area contributed by atoms with Crippen molar-refractivity contribution in [3.8, 4) is 0 Å². The fraction of sp³-hybridized carbons (Fsp3) is 1.00. The van der Waals surface area contributed by atoms with Crippen molar-refractivity contribution in [1.82, 2.24) is 0 Å². The summed E-state index contributed by atoms with van der Waals surface area (Å²) in [7, 11) is 0. The second kappa shape index (κ2) is 4.21. The lowest BCUT2D eigenvalue weighted by molar-refractivity contribution is -0.207. The van der Waals surface area contributed by atoms with E-state index in [1.807, 2.05) is 0 Å². The Hall–Kier alpha value is -0.120. The van der Waals surface area contributed by atoms with Gasteiger partial charge in [-0.25, -0.2) is 0 Å². The number of hydrogen-bond donors (Lipinski definition) is 1. The van der Waals surface area contributed by atoms with Gasteiger partial charge in [-0.3, -0.25) is 0 Å². The number of hydrogen-bond acceptors (Lipinski definition) is 3. The molecule has 0 aromatic heterocycles. The molecule has 1 fully saturated rings. The van der Waals surface area contributed by atoms with Crippen molar-refractivity contribution >= 4 is 0 Å². The molecule has 0 amide bonds. The quantitative estimate of drug-likeness (QED) is 0.641. The zero-order valence-corrected chi connectivity index (χ0v) is 7.88. The predicted octanol–water partition coefficient (Wildman–Crippen LogP) is 1.30. The molecule has 0 radical (unpaired) electrons. The molecule has 1 rings (SSSR count). The molecule has 1 aliphatic heterocycles. The summed E-state index contributed by atoms with van der Waals surface area (Å²) in [5, 5.41) is 9.40. The van der Waals surface area contributed by atoms with Crippen LogP contribution >= 0.6 is 0 Å². The van der Waals surface area contributed by atoms with Gasteiger partial charge in [-0.2, -0.15) is 0 Å². The third kappa shape index (κ3) is 4.04. The van der Waals surface area contributed by atoms with Crippen LogP contribution in [0.4, 0.5) is 0 Å². The van der Waals surface area contributed by atoms with E-state index in [9.17, 15) is 5.11 Å². The lowest BCUT2D eigenvalue weighted by atomic mass is 10.1. The molecule has 1 unspecified atom stereocenters. The molecule has 0 aromatic carbocycles. The van der Waals surface area contributed by atoms with Crippen molar-refractivity contribution < 1.29 is 14.6 Å². The third-order valence-corrected chi connectivity index (χ3v) is 1.85. The predicted molar refractivity (Wildman–Crippen MR) is 45.8 cm³/mol. The van der Waals surface area contributed by atoms with Gasteiger partial charge < -0.3 is 14.6 Å². The van der Waals surface area contributed by atoms with E-state index in [4.69, 9.17) is 9.47 Å². The highest BCUT2D eigenvalue weighted by atomic mass is 16.6. The summed E-state index contributed by atoms with van der Waals surface area (Å²) < 4.78 is 10.7. The molecule has 1 aliphatic rings. The van der Waals surface area contributed by atoms with Crippen LogP contribution in [-0.2, 0) is 9.47 Å². The van der Waals surface area contributed by atoms with Crippen LogP contribution in [0.2, 0.25) is 0 Å². The maximum Gasteiger partial charge on any atom is 0.160 e. The molecule has 0 bridgehead atoms. The summed E-state index contributed by atoms with van der Waals surface area (Å²) in [6.45, 7) is 4.91. The minimum absolute atomic E-state index is 0.160. The molecule has 72 valence electrons. The van der Waals surface area contributed by atoms with Gasteiger partial charge in [-0.05, 0) is 33.1 Å². The van der Waals surface area contributed by atoms with Crippen molar-refractivity contribution in [3.63, 3.8) is 0 Å². The Labute approximate surface area is 73.7 Å². The number of rotatable bonds is 2. The first kappa shape index (κ1) is 9.96. The van der Waals surface area contributed by atoms with Crippen molar-refractivity contribution in [2.45, 2.75) is 45.0 Å². The van der Waals surface area contributed by atoms with Crippen molar-refractivity contribution in [3.05, 3.63) is 0 Å². The SMILES string of the molecule is CC(C)(O)OC1CCCOCC1. The Kier molecular flexibility index (Phi) is 3.50. The summed E-state index contributed by atoms with van der Waals surface area (Å²) in [4.78, 5) is 0. The summed E-state index contributed by atoms with van der Waals surface area (Å²) in [6.07, 6.45) is 3.07. The lowest BCUT2D eigenvalue weighted by Gasteiger charge is -2.24. The van der Waals surface area contributed by atoms with E-state index in [1.54, 1.807) is 13.8 Å². The Morgan fingerprint density at radius 2 is 2.08 bits per heavy atom. The highest BCUT2D eigenvalue weighted by molar-refractivity contribution is 4.64. The van der Waals surface area contributed by atoms with Crippen molar-refractivity contribution in [1.29, 1.82) is 0 Å². The zero-order valence-electron chi connectivity index (χ0n) is 7.88. The average Bonchev–Trinajstić information content (AvgIpc) is 2.12. The highest BCUT2D eigenvalue weighted by Crippen LogP contribution is 2.17. The van der Waals surface area contributed by atoms with Crippen LogP contribution in [0.3, 0.4) is 0 Å². The molecule has 0 spiro atoms. The first-order chi connectivity index (χ1) is 5.58.